The summed E-state index contributed by atoms with van der Waals surface area (Å²) >= 11 is 0. The van der Waals surface area contributed by atoms with Crippen molar-refractivity contribution < 1.29 is 23.5 Å². The second-order valence-corrected chi connectivity index (χ2v) is 5.11. The van der Waals surface area contributed by atoms with E-state index in [1.165, 1.54) is 37.3 Å². The molecule has 1 amide bonds. The van der Waals surface area contributed by atoms with E-state index in [1.54, 1.807) is 18.2 Å². The molecule has 0 fully saturated rings. The second-order valence-electron chi connectivity index (χ2n) is 5.11. The van der Waals surface area contributed by atoms with Crippen molar-refractivity contribution in [3.8, 4) is 0 Å². The summed E-state index contributed by atoms with van der Waals surface area (Å²) in [7, 11) is 0. The van der Waals surface area contributed by atoms with Crippen molar-refractivity contribution in [3.63, 3.8) is 0 Å². The van der Waals surface area contributed by atoms with Gasteiger partial charge in [0.2, 0.25) is 5.91 Å². The van der Waals surface area contributed by atoms with E-state index in [9.17, 15) is 18.8 Å². The molecule has 0 aliphatic heterocycles. The molecule has 0 spiro atoms. The molecule has 0 aliphatic carbocycles. The Morgan fingerprint density at radius 1 is 1.04 bits per heavy atom. The molecular formula is C18H16FNO4. The number of esters is 1. The van der Waals surface area contributed by atoms with Gasteiger partial charge in [-0.05, 0) is 35.9 Å². The lowest BCUT2D eigenvalue weighted by atomic mass is 10.1. The Bertz CT molecular complexity index is 756. The lowest BCUT2D eigenvalue weighted by Gasteiger charge is -2.06. The van der Waals surface area contributed by atoms with Crippen molar-refractivity contribution >= 4 is 23.3 Å². The average Bonchev–Trinajstić information content (AvgIpc) is 2.55. The van der Waals surface area contributed by atoms with Crippen LogP contribution in [0.25, 0.3) is 0 Å². The standard InChI is InChI=1S/C18H16FNO4/c1-12(21)20-15-8-6-13(7-9-15)17(22)11-24-18(23)10-14-4-2-3-5-16(14)19/h2-9H,10-11H2,1H3,(H,20,21). The van der Waals surface area contributed by atoms with Crippen LogP contribution in [0.5, 0.6) is 0 Å². The van der Waals surface area contributed by atoms with Crippen LogP contribution < -0.4 is 5.32 Å². The van der Waals surface area contributed by atoms with Gasteiger partial charge in [-0.15, -0.1) is 0 Å². The molecule has 5 nitrogen and oxygen atoms in total. The Kier molecular flexibility index (Phi) is 5.78. The Labute approximate surface area is 138 Å². The summed E-state index contributed by atoms with van der Waals surface area (Å²) in [5.41, 5.74) is 1.13. The maximum atomic E-state index is 13.4. The number of Topliss-reactive ketones (excluding diaryl/α,β-unsaturated/α-hetero) is 1. The summed E-state index contributed by atoms with van der Waals surface area (Å²) in [5, 5.41) is 2.58. The SMILES string of the molecule is CC(=O)Nc1ccc(C(=O)COC(=O)Cc2ccccc2F)cc1. The number of halogens is 1. The number of benzene rings is 2. The minimum Gasteiger partial charge on any atom is -0.457 e. The first kappa shape index (κ1) is 17.3. The fourth-order valence-electron chi connectivity index (χ4n) is 2.02. The van der Waals surface area contributed by atoms with Crippen molar-refractivity contribution in [3.05, 3.63) is 65.5 Å². The van der Waals surface area contributed by atoms with Crippen LogP contribution in [-0.4, -0.2) is 24.3 Å². The van der Waals surface area contributed by atoms with Gasteiger partial charge in [-0.2, -0.15) is 0 Å². The molecule has 0 bridgehead atoms. The minimum atomic E-state index is -0.677. The lowest BCUT2D eigenvalue weighted by molar-refractivity contribution is -0.141. The monoisotopic (exact) mass is 329 g/mol. The van der Waals surface area contributed by atoms with Crippen molar-refractivity contribution in [1.29, 1.82) is 0 Å². The summed E-state index contributed by atoms with van der Waals surface area (Å²) in [4.78, 5) is 34.6. The van der Waals surface area contributed by atoms with E-state index in [2.05, 4.69) is 5.32 Å². The van der Waals surface area contributed by atoms with Crippen molar-refractivity contribution in [1.82, 2.24) is 0 Å². The van der Waals surface area contributed by atoms with Crippen LogP contribution in [0.4, 0.5) is 10.1 Å². The summed E-state index contributed by atoms with van der Waals surface area (Å²) < 4.78 is 18.3. The number of hydrogen-bond donors (Lipinski definition) is 1. The molecule has 0 aromatic heterocycles. The van der Waals surface area contributed by atoms with E-state index in [0.717, 1.165) is 0 Å². The molecular weight excluding hydrogens is 313 g/mol. The predicted octanol–water partition coefficient (Wildman–Crippen LogP) is 2.75. The Morgan fingerprint density at radius 3 is 2.33 bits per heavy atom. The number of anilines is 1. The molecule has 0 saturated carbocycles. The Morgan fingerprint density at radius 2 is 1.71 bits per heavy atom. The van der Waals surface area contributed by atoms with Gasteiger partial charge in [-0.25, -0.2) is 4.39 Å². The first-order valence-electron chi connectivity index (χ1n) is 7.25. The van der Waals surface area contributed by atoms with Gasteiger partial charge < -0.3 is 10.1 Å². The number of nitrogens with one attached hydrogen (secondary N) is 1. The van der Waals surface area contributed by atoms with Crippen LogP contribution >= 0.6 is 0 Å². The zero-order valence-electron chi connectivity index (χ0n) is 13.0. The molecule has 6 heteroatoms. The van der Waals surface area contributed by atoms with Crippen LogP contribution in [0.3, 0.4) is 0 Å². The second kappa shape index (κ2) is 8.01. The number of ether oxygens (including phenoxy) is 1. The van der Waals surface area contributed by atoms with Gasteiger partial charge in [0.25, 0.3) is 0 Å². The number of ketones is 1. The third-order valence-electron chi connectivity index (χ3n) is 3.18. The first-order valence-corrected chi connectivity index (χ1v) is 7.25. The van der Waals surface area contributed by atoms with E-state index in [4.69, 9.17) is 4.74 Å². The molecule has 0 aliphatic rings. The van der Waals surface area contributed by atoms with Gasteiger partial charge in [-0.1, -0.05) is 18.2 Å². The van der Waals surface area contributed by atoms with Crippen LogP contribution in [-0.2, 0) is 20.7 Å². The molecule has 2 rings (SSSR count). The van der Waals surface area contributed by atoms with Crippen LogP contribution in [0.2, 0.25) is 0 Å². The smallest absolute Gasteiger partial charge is 0.310 e. The van der Waals surface area contributed by atoms with Crippen LogP contribution in [0, 0.1) is 5.82 Å². The molecule has 24 heavy (non-hydrogen) atoms. The molecule has 2 aromatic rings. The van der Waals surface area contributed by atoms with Crippen LogP contribution in [0.15, 0.2) is 48.5 Å². The fraction of sp³-hybridized carbons (Fsp3) is 0.167. The summed E-state index contributed by atoms with van der Waals surface area (Å²) in [6.07, 6.45) is -0.235. The summed E-state index contributed by atoms with van der Waals surface area (Å²) in [6, 6.07) is 12.1. The number of hydrogen-bond acceptors (Lipinski definition) is 4. The quantitative estimate of drug-likeness (QED) is 0.653. The maximum absolute atomic E-state index is 13.4. The van der Waals surface area contributed by atoms with E-state index in [1.807, 2.05) is 0 Å². The largest absolute Gasteiger partial charge is 0.457 e. The highest BCUT2D eigenvalue weighted by atomic mass is 19.1. The minimum absolute atomic E-state index is 0.212. The summed E-state index contributed by atoms with van der Waals surface area (Å²) in [6.45, 7) is 0.959. The molecule has 0 saturated heterocycles. The zero-order chi connectivity index (χ0) is 17.5. The number of carbonyl (C=O) groups excluding carboxylic acids is 3. The number of carbonyl (C=O) groups is 3. The van der Waals surface area contributed by atoms with Gasteiger partial charge in [0.1, 0.15) is 5.82 Å². The Balaban J connectivity index is 1.87. The van der Waals surface area contributed by atoms with Gasteiger partial charge in [0.05, 0.1) is 6.42 Å². The molecule has 0 atom stereocenters. The molecule has 124 valence electrons. The van der Waals surface area contributed by atoms with Gasteiger partial charge in [0, 0.05) is 18.2 Å². The Hall–Kier alpha value is -3.02. The number of rotatable bonds is 6. The van der Waals surface area contributed by atoms with E-state index < -0.39 is 18.4 Å². The van der Waals surface area contributed by atoms with Gasteiger partial charge in [0.15, 0.2) is 12.4 Å². The predicted molar refractivity (Wildman–Crippen MR) is 86.1 cm³/mol. The topological polar surface area (TPSA) is 72.5 Å². The molecule has 0 unspecified atom stereocenters. The van der Waals surface area contributed by atoms with Crippen LogP contribution in [0.1, 0.15) is 22.8 Å². The highest BCUT2D eigenvalue weighted by Crippen LogP contribution is 2.11. The van der Waals surface area contributed by atoms with Crippen molar-refractivity contribution in [2.24, 2.45) is 0 Å². The molecule has 1 N–H and O–H groups in total. The molecule has 0 heterocycles. The third-order valence-corrected chi connectivity index (χ3v) is 3.18. The highest BCUT2D eigenvalue weighted by molar-refractivity contribution is 5.98. The first-order chi connectivity index (χ1) is 11.5. The normalized spacial score (nSPS) is 10.1. The molecule has 0 radical (unpaired) electrons. The van der Waals surface area contributed by atoms with Gasteiger partial charge in [-0.3, -0.25) is 14.4 Å². The fourth-order valence-corrected chi connectivity index (χ4v) is 2.02. The highest BCUT2D eigenvalue weighted by Gasteiger charge is 2.12. The average molecular weight is 329 g/mol. The van der Waals surface area contributed by atoms with E-state index in [-0.39, 0.29) is 23.7 Å². The number of amides is 1. The van der Waals surface area contributed by atoms with E-state index >= 15 is 0 Å². The molecule has 2 aromatic carbocycles. The van der Waals surface area contributed by atoms with Crippen molar-refractivity contribution in [2.75, 3.05) is 11.9 Å². The summed E-state index contributed by atoms with van der Waals surface area (Å²) in [5.74, 6) is -1.76. The maximum Gasteiger partial charge on any atom is 0.310 e. The third kappa shape index (κ3) is 5.01. The van der Waals surface area contributed by atoms with Crippen molar-refractivity contribution in [2.45, 2.75) is 13.3 Å². The zero-order valence-corrected chi connectivity index (χ0v) is 13.0. The van der Waals surface area contributed by atoms with Gasteiger partial charge >= 0.3 is 5.97 Å². The van der Waals surface area contributed by atoms with E-state index in [0.29, 0.717) is 11.3 Å². The lowest BCUT2D eigenvalue weighted by Crippen LogP contribution is -2.16.